The Hall–Kier alpha value is -1.57. The predicted molar refractivity (Wildman–Crippen MR) is 71.5 cm³/mol. The Morgan fingerprint density at radius 1 is 1.50 bits per heavy atom. The largest absolute Gasteiger partial charge is 0.373 e. The van der Waals surface area contributed by atoms with Crippen LogP contribution in [-0.4, -0.2) is 49.5 Å². The van der Waals surface area contributed by atoms with Crippen molar-refractivity contribution >= 4 is 27.4 Å². The summed E-state index contributed by atoms with van der Waals surface area (Å²) in [6.07, 6.45) is 0. The molecule has 0 aromatic carbocycles. The number of aromatic nitrogens is 2. The van der Waals surface area contributed by atoms with Crippen LogP contribution in [0, 0.1) is 0 Å². The summed E-state index contributed by atoms with van der Waals surface area (Å²) >= 11 is 0. The Labute approximate surface area is 106 Å². The lowest BCUT2D eigenvalue weighted by Gasteiger charge is -2.34. The first-order chi connectivity index (χ1) is 8.41. The number of hydrogen-bond donors (Lipinski definition) is 2. The van der Waals surface area contributed by atoms with Crippen molar-refractivity contribution < 1.29 is 8.42 Å². The maximum absolute atomic E-state index is 11.5. The highest BCUT2D eigenvalue weighted by Crippen LogP contribution is 2.22. The van der Waals surface area contributed by atoms with Crippen LogP contribution in [0.1, 0.15) is 6.92 Å². The molecule has 0 spiro atoms. The van der Waals surface area contributed by atoms with Crippen LogP contribution in [0.15, 0.2) is 6.07 Å². The topological polar surface area (TPSA) is 101 Å². The third kappa shape index (κ3) is 2.63. The molecular formula is C10H17N5O2S. The van der Waals surface area contributed by atoms with E-state index in [1.807, 2.05) is 11.8 Å². The molecule has 1 aliphatic rings. The van der Waals surface area contributed by atoms with Gasteiger partial charge in [-0.3, -0.25) is 0 Å². The van der Waals surface area contributed by atoms with Gasteiger partial charge in [-0.15, -0.1) is 0 Å². The SMILES string of the molecule is CNc1cc(N2CCS(=O)(=O)CC2C)nc(N)n1. The predicted octanol–water partition coefficient (Wildman–Crippen LogP) is -0.276. The zero-order valence-electron chi connectivity index (χ0n) is 10.4. The number of nitrogens with zero attached hydrogens (tertiary/aromatic N) is 3. The molecule has 7 nitrogen and oxygen atoms in total. The van der Waals surface area contributed by atoms with Crippen molar-refractivity contribution in [2.24, 2.45) is 0 Å². The molecule has 8 heteroatoms. The van der Waals surface area contributed by atoms with Crippen LogP contribution >= 0.6 is 0 Å². The lowest BCUT2D eigenvalue weighted by Crippen LogP contribution is -2.47. The number of nitrogens with one attached hydrogen (secondary N) is 1. The van der Waals surface area contributed by atoms with Crippen molar-refractivity contribution in [1.29, 1.82) is 0 Å². The number of rotatable bonds is 2. The normalized spacial score (nSPS) is 22.8. The second-order valence-corrected chi connectivity index (χ2v) is 6.61. The van der Waals surface area contributed by atoms with Gasteiger partial charge < -0.3 is 16.0 Å². The van der Waals surface area contributed by atoms with Crippen molar-refractivity contribution in [2.75, 3.05) is 41.0 Å². The van der Waals surface area contributed by atoms with Crippen LogP contribution in [0.3, 0.4) is 0 Å². The minimum atomic E-state index is -2.93. The molecule has 100 valence electrons. The van der Waals surface area contributed by atoms with Crippen LogP contribution in [0.25, 0.3) is 0 Å². The number of sulfone groups is 1. The minimum absolute atomic E-state index is 0.109. The molecule has 1 fully saturated rings. The summed E-state index contributed by atoms with van der Waals surface area (Å²) in [6.45, 7) is 2.30. The molecule has 3 N–H and O–H groups in total. The van der Waals surface area contributed by atoms with E-state index in [0.717, 1.165) is 0 Å². The molecule has 1 aromatic heterocycles. The van der Waals surface area contributed by atoms with Gasteiger partial charge in [0.25, 0.3) is 0 Å². The fraction of sp³-hybridized carbons (Fsp3) is 0.600. The third-order valence-electron chi connectivity index (χ3n) is 2.95. The first-order valence-electron chi connectivity index (χ1n) is 5.70. The van der Waals surface area contributed by atoms with Crippen molar-refractivity contribution in [3.05, 3.63) is 6.07 Å². The van der Waals surface area contributed by atoms with Gasteiger partial charge in [0.15, 0.2) is 9.84 Å². The van der Waals surface area contributed by atoms with Crippen LogP contribution in [0.2, 0.25) is 0 Å². The summed E-state index contributed by atoms with van der Waals surface area (Å²) < 4.78 is 23.1. The molecule has 1 unspecified atom stereocenters. The smallest absolute Gasteiger partial charge is 0.223 e. The van der Waals surface area contributed by atoms with Gasteiger partial charge in [-0.05, 0) is 6.92 Å². The quantitative estimate of drug-likeness (QED) is 0.763. The van der Waals surface area contributed by atoms with Crippen LogP contribution in [-0.2, 0) is 9.84 Å². The first kappa shape index (κ1) is 12.9. The Morgan fingerprint density at radius 3 is 2.83 bits per heavy atom. The van der Waals surface area contributed by atoms with E-state index in [4.69, 9.17) is 5.73 Å². The molecule has 2 rings (SSSR count). The highest BCUT2D eigenvalue weighted by atomic mass is 32.2. The maximum Gasteiger partial charge on any atom is 0.223 e. The van der Waals surface area contributed by atoms with Gasteiger partial charge in [0.1, 0.15) is 11.6 Å². The van der Waals surface area contributed by atoms with Gasteiger partial charge in [0, 0.05) is 25.7 Å². The van der Waals surface area contributed by atoms with Crippen LogP contribution in [0.4, 0.5) is 17.6 Å². The van der Waals surface area contributed by atoms with Gasteiger partial charge in [0.05, 0.1) is 11.5 Å². The van der Waals surface area contributed by atoms with Crippen LogP contribution in [0.5, 0.6) is 0 Å². The van der Waals surface area contributed by atoms with E-state index >= 15 is 0 Å². The van der Waals surface area contributed by atoms with Gasteiger partial charge in [0.2, 0.25) is 5.95 Å². The fourth-order valence-electron chi connectivity index (χ4n) is 2.07. The average molecular weight is 271 g/mol. The lowest BCUT2D eigenvalue weighted by molar-refractivity contribution is 0.567. The molecule has 0 saturated carbocycles. The first-order valence-corrected chi connectivity index (χ1v) is 7.53. The van der Waals surface area contributed by atoms with Gasteiger partial charge >= 0.3 is 0 Å². The van der Waals surface area contributed by atoms with Gasteiger partial charge in [-0.25, -0.2) is 8.42 Å². The molecule has 1 aliphatic heterocycles. The third-order valence-corrected chi connectivity index (χ3v) is 4.75. The van der Waals surface area contributed by atoms with Crippen LogP contribution < -0.4 is 16.0 Å². The molecule has 1 saturated heterocycles. The molecule has 0 amide bonds. The molecular weight excluding hydrogens is 254 g/mol. The lowest BCUT2D eigenvalue weighted by atomic mass is 10.3. The summed E-state index contributed by atoms with van der Waals surface area (Å²) in [4.78, 5) is 10.1. The Balaban J connectivity index is 2.29. The summed E-state index contributed by atoms with van der Waals surface area (Å²) in [7, 11) is -1.18. The molecule has 0 aliphatic carbocycles. The molecule has 1 atom stereocenters. The molecule has 2 heterocycles. The standard InChI is InChI=1S/C10H17N5O2S/c1-7-6-18(16,17)4-3-15(7)9-5-8(12-2)13-10(11)14-9/h5,7H,3-4,6H2,1-2H3,(H3,11,12,13,14). The zero-order valence-corrected chi connectivity index (χ0v) is 11.2. The monoisotopic (exact) mass is 271 g/mol. The summed E-state index contributed by atoms with van der Waals surface area (Å²) in [5.74, 6) is 1.76. The number of nitrogens with two attached hydrogens (primary N) is 1. The van der Waals surface area contributed by atoms with Crippen molar-refractivity contribution in [3.63, 3.8) is 0 Å². The number of anilines is 3. The van der Waals surface area contributed by atoms with E-state index in [-0.39, 0.29) is 23.5 Å². The Bertz CT molecular complexity index is 545. The summed E-state index contributed by atoms with van der Waals surface area (Å²) in [5.41, 5.74) is 5.63. The van der Waals surface area contributed by atoms with E-state index in [1.165, 1.54) is 0 Å². The van der Waals surface area contributed by atoms with Crippen molar-refractivity contribution in [3.8, 4) is 0 Å². The zero-order chi connectivity index (χ0) is 13.3. The molecule has 0 radical (unpaired) electrons. The Kier molecular flexibility index (Phi) is 3.29. The van der Waals surface area contributed by atoms with Gasteiger partial charge in [-0.2, -0.15) is 9.97 Å². The second-order valence-electron chi connectivity index (χ2n) is 4.38. The van der Waals surface area contributed by atoms with E-state index in [9.17, 15) is 8.42 Å². The fourth-order valence-corrected chi connectivity index (χ4v) is 3.62. The Morgan fingerprint density at radius 2 is 2.22 bits per heavy atom. The summed E-state index contributed by atoms with van der Waals surface area (Å²) in [6, 6.07) is 1.66. The molecule has 18 heavy (non-hydrogen) atoms. The summed E-state index contributed by atoms with van der Waals surface area (Å²) in [5, 5.41) is 2.90. The van der Waals surface area contributed by atoms with E-state index in [1.54, 1.807) is 13.1 Å². The van der Waals surface area contributed by atoms with Gasteiger partial charge in [-0.1, -0.05) is 0 Å². The van der Waals surface area contributed by atoms with E-state index < -0.39 is 9.84 Å². The van der Waals surface area contributed by atoms with E-state index in [0.29, 0.717) is 18.2 Å². The molecule has 1 aromatic rings. The van der Waals surface area contributed by atoms with Crippen molar-refractivity contribution in [1.82, 2.24) is 9.97 Å². The van der Waals surface area contributed by atoms with E-state index in [2.05, 4.69) is 15.3 Å². The minimum Gasteiger partial charge on any atom is -0.373 e. The van der Waals surface area contributed by atoms with Crippen molar-refractivity contribution in [2.45, 2.75) is 13.0 Å². The maximum atomic E-state index is 11.5. The molecule has 0 bridgehead atoms. The highest BCUT2D eigenvalue weighted by Gasteiger charge is 2.29. The number of nitrogen functional groups attached to an aromatic ring is 1. The average Bonchev–Trinajstić information content (AvgIpc) is 2.26. The number of hydrogen-bond acceptors (Lipinski definition) is 7. The highest BCUT2D eigenvalue weighted by molar-refractivity contribution is 7.91. The second kappa shape index (κ2) is 4.60.